The van der Waals surface area contributed by atoms with Crippen molar-refractivity contribution in [1.29, 1.82) is 0 Å². The van der Waals surface area contributed by atoms with Crippen molar-refractivity contribution < 1.29 is 47.2 Å². The van der Waals surface area contributed by atoms with Gasteiger partial charge in [0.15, 0.2) is 6.10 Å². The summed E-state index contributed by atoms with van der Waals surface area (Å²) < 4.78 is 33.8. The number of carbonyl (C=O) groups is 2. The van der Waals surface area contributed by atoms with Crippen LogP contribution in [0.15, 0.2) is 48.6 Å². The first-order chi connectivity index (χ1) is 30.4. The Morgan fingerprint density at radius 3 is 1.59 bits per heavy atom. The standard InChI is InChI=1S/C52H96NO9P/c1-6-8-10-12-14-16-18-20-21-22-23-24-25-26-27-29-31-33-35-37-39-43-51(55)59-47-50(48-61-63(57,58)60-46-45-53(3,4)5)62-52(56)44-40-42-49(54)41-38-36-34-32-30-28-19-17-15-13-11-9-7-2/h20-21,28,30,34,36,38,41,49-50,54H,6-19,22-27,29,31-33,35,37,39-40,42-48H2,1-5H3/b21-20-,30-28+,36-34+,41-38+/t49?,50-/m1/s1. The maximum atomic E-state index is 12.7. The molecule has 0 heterocycles. The minimum Gasteiger partial charge on any atom is -0.756 e. The zero-order chi connectivity index (χ0) is 46.5. The summed E-state index contributed by atoms with van der Waals surface area (Å²) in [5.41, 5.74) is 0. The average molecular weight is 910 g/mol. The van der Waals surface area contributed by atoms with Crippen LogP contribution in [0.4, 0.5) is 0 Å². The van der Waals surface area contributed by atoms with Gasteiger partial charge in [-0.25, -0.2) is 0 Å². The highest BCUT2D eigenvalue weighted by Crippen LogP contribution is 2.38. The normalized spacial score (nSPS) is 14.3. The quantitative estimate of drug-likeness (QED) is 0.0158. The lowest BCUT2D eigenvalue weighted by Gasteiger charge is -2.28. The maximum absolute atomic E-state index is 12.7. The highest BCUT2D eigenvalue weighted by Gasteiger charge is 2.22. The van der Waals surface area contributed by atoms with Crippen molar-refractivity contribution in [3.05, 3.63) is 48.6 Å². The number of allylic oxidation sites excluding steroid dienone is 7. The first-order valence-electron chi connectivity index (χ1n) is 25.5. The van der Waals surface area contributed by atoms with E-state index < -0.39 is 38.6 Å². The molecule has 11 heteroatoms. The van der Waals surface area contributed by atoms with Crippen LogP contribution in [0.1, 0.15) is 213 Å². The van der Waals surface area contributed by atoms with E-state index in [-0.39, 0.29) is 26.1 Å². The lowest BCUT2D eigenvalue weighted by atomic mass is 10.0. The molecule has 0 aliphatic carbocycles. The van der Waals surface area contributed by atoms with Gasteiger partial charge in [-0.3, -0.25) is 14.2 Å². The SMILES string of the molecule is CCCCCCCC/C=C\CCCCCCCCCCCCCC(=O)OC[C@H](COP(=O)([O-])OCC[N+](C)(C)C)OC(=O)CCCC(O)/C=C/C=C/C/C=C/CCCCCCCC. The van der Waals surface area contributed by atoms with Crippen LogP contribution < -0.4 is 4.89 Å². The summed E-state index contributed by atoms with van der Waals surface area (Å²) in [4.78, 5) is 37.7. The number of esters is 2. The smallest absolute Gasteiger partial charge is 0.306 e. The Morgan fingerprint density at radius 1 is 0.587 bits per heavy atom. The van der Waals surface area contributed by atoms with Crippen molar-refractivity contribution in [3.63, 3.8) is 0 Å². The van der Waals surface area contributed by atoms with E-state index in [9.17, 15) is 24.2 Å². The zero-order valence-electron chi connectivity index (χ0n) is 41.1. The van der Waals surface area contributed by atoms with Gasteiger partial charge in [0.2, 0.25) is 0 Å². The molecular formula is C52H96NO9P. The molecule has 0 fully saturated rings. The number of nitrogens with zero attached hydrogens (tertiary/aromatic N) is 1. The molecule has 0 aromatic carbocycles. The first-order valence-corrected chi connectivity index (χ1v) is 26.9. The molecule has 3 atom stereocenters. The average Bonchev–Trinajstić information content (AvgIpc) is 3.23. The van der Waals surface area contributed by atoms with Gasteiger partial charge >= 0.3 is 11.9 Å². The molecule has 63 heavy (non-hydrogen) atoms. The van der Waals surface area contributed by atoms with E-state index in [4.69, 9.17) is 18.5 Å². The van der Waals surface area contributed by atoms with Gasteiger partial charge in [0.05, 0.1) is 33.9 Å². The number of carbonyl (C=O) groups excluding carboxylic acids is 2. The maximum Gasteiger partial charge on any atom is 0.306 e. The molecule has 0 saturated heterocycles. The summed E-state index contributed by atoms with van der Waals surface area (Å²) >= 11 is 0. The summed E-state index contributed by atoms with van der Waals surface area (Å²) in [6, 6.07) is 0. The minimum absolute atomic E-state index is 0.000869. The fraction of sp³-hybridized carbons (Fsp3) is 0.808. The number of phosphoric acid groups is 1. The molecule has 0 radical (unpaired) electrons. The number of rotatable bonds is 46. The number of ether oxygens (including phenoxy) is 2. The number of aliphatic hydroxyl groups is 1. The highest BCUT2D eigenvalue weighted by atomic mass is 31.2. The second kappa shape index (κ2) is 43.8. The van der Waals surface area contributed by atoms with Crippen molar-refractivity contribution >= 4 is 19.8 Å². The summed E-state index contributed by atoms with van der Waals surface area (Å²) in [5, 5.41) is 10.3. The van der Waals surface area contributed by atoms with Crippen LogP contribution in [0.5, 0.6) is 0 Å². The monoisotopic (exact) mass is 910 g/mol. The van der Waals surface area contributed by atoms with Gasteiger partial charge in [-0.2, -0.15) is 0 Å². The third-order valence-electron chi connectivity index (χ3n) is 10.9. The summed E-state index contributed by atoms with van der Waals surface area (Å²) in [6.45, 7) is 4.01. The van der Waals surface area contributed by atoms with E-state index in [1.54, 1.807) is 12.2 Å². The fourth-order valence-corrected chi connectivity index (χ4v) is 7.62. The minimum atomic E-state index is -4.68. The molecule has 10 nitrogen and oxygen atoms in total. The molecule has 0 amide bonds. The lowest BCUT2D eigenvalue weighted by Crippen LogP contribution is -2.37. The van der Waals surface area contributed by atoms with E-state index in [1.807, 2.05) is 33.3 Å². The van der Waals surface area contributed by atoms with Gasteiger partial charge in [-0.15, -0.1) is 0 Å². The van der Waals surface area contributed by atoms with E-state index in [0.717, 1.165) is 32.1 Å². The summed E-state index contributed by atoms with van der Waals surface area (Å²) in [6.07, 6.45) is 48.9. The number of phosphoric ester groups is 1. The Bertz CT molecular complexity index is 1230. The summed E-state index contributed by atoms with van der Waals surface area (Å²) in [5.74, 6) is -1.03. The molecule has 1 N–H and O–H groups in total. The molecular weight excluding hydrogens is 814 g/mol. The van der Waals surface area contributed by atoms with E-state index >= 15 is 0 Å². The third kappa shape index (κ3) is 47.7. The third-order valence-corrected chi connectivity index (χ3v) is 11.9. The van der Waals surface area contributed by atoms with Crippen molar-refractivity contribution in [2.24, 2.45) is 0 Å². The van der Waals surface area contributed by atoms with Gasteiger partial charge in [0.1, 0.15) is 19.8 Å². The predicted octanol–water partition coefficient (Wildman–Crippen LogP) is 13.4. The number of unbranched alkanes of at least 4 members (excludes halogenated alkanes) is 23. The topological polar surface area (TPSA) is 131 Å². The van der Waals surface area contributed by atoms with Crippen LogP contribution >= 0.6 is 7.82 Å². The van der Waals surface area contributed by atoms with Crippen LogP contribution in [0.3, 0.4) is 0 Å². The Kier molecular flexibility index (Phi) is 42.4. The Labute approximate surface area is 386 Å². The van der Waals surface area contributed by atoms with E-state index in [0.29, 0.717) is 30.3 Å². The highest BCUT2D eigenvalue weighted by molar-refractivity contribution is 7.45. The van der Waals surface area contributed by atoms with Crippen LogP contribution in [-0.2, 0) is 32.7 Å². The molecule has 0 bridgehead atoms. The van der Waals surface area contributed by atoms with Crippen LogP contribution in [0, 0.1) is 0 Å². The molecule has 0 rings (SSSR count). The van der Waals surface area contributed by atoms with E-state index in [1.165, 1.54) is 135 Å². The Balaban J connectivity index is 4.40. The zero-order valence-corrected chi connectivity index (χ0v) is 42.0. The summed E-state index contributed by atoms with van der Waals surface area (Å²) in [7, 11) is 1.05. The second-order valence-electron chi connectivity index (χ2n) is 18.4. The van der Waals surface area contributed by atoms with Crippen molar-refractivity contribution in [3.8, 4) is 0 Å². The van der Waals surface area contributed by atoms with Crippen LogP contribution in [0.2, 0.25) is 0 Å². The number of aliphatic hydroxyl groups excluding tert-OH is 1. The van der Waals surface area contributed by atoms with Gasteiger partial charge < -0.3 is 33.0 Å². The Hall–Kier alpha value is -2.07. The lowest BCUT2D eigenvalue weighted by molar-refractivity contribution is -0.870. The predicted molar refractivity (Wildman–Crippen MR) is 260 cm³/mol. The Morgan fingerprint density at radius 2 is 1.06 bits per heavy atom. The molecule has 368 valence electrons. The first kappa shape index (κ1) is 60.9. The molecule has 2 unspecified atom stereocenters. The van der Waals surface area contributed by atoms with Gasteiger partial charge in [0, 0.05) is 12.8 Å². The molecule has 0 aromatic heterocycles. The molecule has 0 aromatic rings. The molecule has 0 saturated carbocycles. The van der Waals surface area contributed by atoms with E-state index in [2.05, 4.69) is 38.2 Å². The van der Waals surface area contributed by atoms with Crippen molar-refractivity contribution in [2.75, 3.05) is 47.5 Å². The number of hydrogen-bond donors (Lipinski definition) is 1. The fourth-order valence-electron chi connectivity index (χ4n) is 6.89. The number of hydrogen-bond acceptors (Lipinski definition) is 9. The van der Waals surface area contributed by atoms with Crippen molar-refractivity contribution in [1.82, 2.24) is 0 Å². The van der Waals surface area contributed by atoms with Crippen LogP contribution in [-0.4, -0.2) is 81.2 Å². The number of quaternary nitrogens is 1. The molecule has 0 aliphatic heterocycles. The largest absolute Gasteiger partial charge is 0.756 e. The molecule has 0 aliphatic rings. The second-order valence-corrected chi connectivity index (χ2v) is 19.8. The van der Waals surface area contributed by atoms with Crippen LogP contribution in [0.25, 0.3) is 0 Å². The van der Waals surface area contributed by atoms with Gasteiger partial charge in [0.25, 0.3) is 7.82 Å². The molecule has 0 spiro atoms. The number of likely N-dealkylation sites (N-methyl/N-ethyl adjacent to an activating group) is 1. The van der Waals surface area contributed by atoms with Crippen molar-refractivity contribution in [2.45, 2.75) is 225 Å². The van der Waals surface area contributed by atoms with Gasteiger partial charge in [-0.1, -0.05) is 184 Å². The van der Waals surface area contributed by atoms with Gasteiger partial charge in [-0.05, 0) is 64.2 Å².